The molecule has 1 N–H and O–H groups in total. The summed E-state index contributed by atoms with van der Waals surface area (Å²) < 4.78 is 23.3. The first kappa shape index (κ1) is 14.5. The first-order valence-corrected chi connectivity index (χ1v) is 9.00. The second-order valence-electron chi connectivity index (χ2n) is 6.20. The quantitative estimate of drug-likeness (QED) is 0.944. The predicted octanol–water partition coefficient (Wildman–Crippen LogP) is 2.21. The van der Waals surface area contributed by atoms with E-state index in [4.69, 9.17) is 0 Å². The lowest BCUT2D eigenvalue weighted by atomic mass is 10.0. The molecule has 21 heavy (non-hydrogen) atoms. The Hall–Kier alpha value is -1.46. The van der Waals surface area contributed by atoms with Gasteiger partial charge < -0.3 is 5.32 Å². The zero-order valence-electron chi connectivity index (χ0n) is 12.4. The van der Waals surface area contributed by atoms with Crippen molar-refractivity contribution in [1.82, 2.24) is 10.3 Å². The molecule has 112 valence electrons. The summed E-state index contributed by atoms with van der Waals surface area (Å²) in [5, 5.41) is 4.57. The molecule has 0 radical (unpaired) electrons. The molecule has 1 unspecified atom stereocenters. The Bertz CT molecular complexity index is 786. The van der Waals surface area contributed by atoms with E-state index in [0.717, 1.165) is 16.6 Å². The zero-order chi connectivity index (χ0) is 15.1. The Kier molecular flexibility index (Phi) is 3.50. The molecule has 4 nitrogen and oxygen atoms in total. The van der Waals surface area contributed by atoms with Gasteiger partial charge in [0, 0.05) is 23.2 Å². The number of rotatable bonds is 3. The number of hydrogen-bond donors (Lipinski definition) is 1. The van der Waals surface area contributed by atoms with Gasteiger partial charge in [-0.1, -0.05) is 18.2 Å². The normalized spacial score (nSPS) is 24.5. The van der Waals surface area contributed by atoms with Crippen molar-refractivity contribution in [2.75, 3.05) is 11.5 Å². The molecule has 1 fully saturated rings. The molecule has 0 amide bonds. The third-order valence-electron chi connectivity index (χ3n) is 4.14. The lowest BCUT2D eigenvalue weighted by Gasteiger charge is -2.24. The van der Waals surface area contributed by atoms with Gasteiger partial charge in [-0.3, -0.25) is 4.98 Å². The van der Waals surface area contributed by atoms with Gasteiger partial charge in [-0.2, -0.15) is 0 Å². The SMILES string of the molecule is Cc1cc(CNC2(C)CCS(=O)(=O)C2)c2ccccc2n1. The molecule has 0 aliphatic carbocycles. The third kappa shape index (κ3) is 3.09. The molecule has 0 spiro atoms. The molecule has 2 aromatic rings. The summed E-state index contributed by atoms with van der Waals surface area (Å²) in [7, 11) is -2.88. The maximum atomic E-state index is 11.7. The van der Waals surface area contributed by atoms with Crippen LogP contribution in [-0.2, 0) is 16.4 Å². The second-order valence-corrected chi connectivity index (χ2v) is 8.38. The van der Waals surface area contributed by atoms with Gasteiger partial charge >= 0.3 is 0 Å². The van der Waals surface area contributed by atoms with Crippen LogP contribution >= 0.6 is 0 Å². The summed E-state index contributed by atoms with van der Waals surface area (Å²) in [4.78, 5) is 4.53. The molecule has 1 atom stereocenters. The number of fused-ring (bicyclic) bond motifs is 1. The van der Waals surface area contributed by atoms with E-state index in [-0.39, 0.29) is 17.0 Å². The highest BCUT2D eigenvalue weighted by molar-refractivity contribution is 7.91. The van der Waals surface area contributed by atoms with Gasteiger partial charge in [0.15, 0.2) is 9.84 Å². The van der Waals surface area contributed by atoms with Crippen LogP contribution in [0.5, 0.6) is 0 Å². The van der Waals surface area contributed by atoms with Crippen molar-refractivity contribution in [1.29, 1.82) is 0 Å². The molecule has 0 saturated carbocycles. The van der Waals surface area contributed by atoms with Crippen molar-refractivity contribution >= 4 is 20.7 Å². The number of pyridine rings is 1. The molecule has 1 saturated heterocycles. The van der Waals surface area contributed by atoms with Crippen LogP contribution < -0.4 is 5.32 Å². The van der Waals surface area contributed by atoms with Crippen LogP contribution in [0.3, 0.4) is 0 Å². The number of aryl methyl sites for hydroxylation is 1. The fraction of sp³-hybridized carbons (Fsp3) is 0.438. The third-order valence-corrected chi connectivity index (χ3v) is 6.04. The van der Waals surface area contributed by atoms with Crippen LogP contribution in [0.2, 0.25) is 0 Å². The minimum Gasteiger partial charge on any atom is -0.306 e. The summed E-state index contributed by atoms with van der Waals surface area (Å²) in [6.07, 6.45) is 0.678. The van der Waals surface area contributed by atoms with Gasteiger partial charge in [0.25, 0.3) is 0 Å². The molecule has 1 aromatic carbocycles. The van der Waals surface area contributed by atoms with Crippen LogP contribution in [0.4, 0.5) is 0 Å². The largest absolute Gasteiger partial charge is 0.306 e. The van der Waals surface area contributed by atoms with Crippen molar-refractivity contribution in [3.63, 3.8) is 0 Å². The van der Waals surface area contributed by atoms with Crippen molar-refractivity contribution < 1.29 is 8.42 Å². The lowest BCUT2D eigenvalue weighted by molar-refractivity contribution is 0.396. The van der Waals surface area contributed by atoms with Crippen LogP contribution in [0, 0.1) is 6.92 Å². The molecule has 5 heteroatoms. The van der Waals surface area contributed by atoms with Gasteiger partial charge in [0.2, 0.25) is 0 Å². The number of aromatic nitrogens is 1. The summed E-state index contributed by atoms with van der Waals surface area (Å²) in [5.41, 5.74) is 2.81. The summed E-state index contributed by atoms with van der Waals surface area (Å²) in [5.74, 6) is 0.509. The molecule has 3 rings (SSSR count). The highest BCUT2D eigenvalue weighted by Crippen LogP contribution is 2.24. The van der Waals surface area contributed by atoms with Crippen LogP contribution in [0.1, 0.15) is 24.6 Å². The smallest absolute Gasteiger partial charge is 0.152 e. The minimum absolute atomic E-state index is 0.224. The van der Waals surface area contributed by atoms with Crippen molar-refractivity contribution in [3.8, 4) is 0 Å². The van der Waals surface area contributed by atoms with E-state index in [2.05, 4.69) is 22.4 Å². The number of nitrogens with one attached hydrogen (secondary N) is 1. The maximum absolute atomic E-state index is 11.7. The van der Waals surface area contributed by atoms with Gasteiger partial charge in [-0.05, 0) is 38.0 Å². The number of hydrogen-bond acceptors (Lipinski definition) is 4. The second kappa shape index (κ2) is 5.07. The van der Waals surface area contributed by atoms with E-state index in [9.17, 15) is 8.42 Å². The highest BCUT2D eigenvalue weighted by atomic mass is 32.2. The Morgan fingerprint density at radius 3 is 2.81 bits per heavy atom. The molecule has 1 aliphatic rings. The number of sulfone groups is 1. The van der Waals surface area contributed by atoms with E-state index < -0.39 is 9.84 Å². The molecule has 1 aromatic heterocycles. The van der Waals surface area contributed by atoms with E-state index >= 15 is 0 Å². The number of para-hydroxylation sites is 1. The molecular formula is C16H20N2O2S. The Labute approximate surface area is 125 Å². The summed E-state index contributed by atoms with van der Waals surface area (Å²) >= 11 is 0. The average Bonchev–Trinajstić information content (AvgIpc) is 2.70. The van der Waals surface area contributed by atoms with Gasteiger partial charge in [-0.25, -0.2) is 8.42 Å². The van der Waals surface area contributed by atoms with E-state index in [1.807, 2.05) is 32.0 Å². The number of benzene rings is 1. The van der Waals surface area contributed by atoms with Gasteiger partial charge in [0.1, 0.15) is 0 Å². The highest BCUT2D eigenvalue weighted by Gasteiger charge is 2.37. The molecule has 0 bridgehead atoms. The summed E-state index contributed by atoms with van der Waals surface area (Å²) in [6.45, 7) is 4.64. The van der Waals surface area contributed by atoms with Crippen molar-refractivity contribution in [3.05, 3.63) is 41.6 Å². The van der Waals surface area contributed by atoms with Crippen LogP contribution in [-0.4, -0.2) is 30.4 Å². The first-order chi connectivity index (χ1) is 9.87. The Morgan fingerprint density at radius 1 is 1.33 bits per heavy atom. The fourth-order valence-electron chi connectivity index (χ4n) is 3.00. The topological polar surface area (TPSA) is 59.1 Å². The molecular weight excluding hydrogens is 284 g/mol. The number of nitrogens with zero attached hydrogens (tertiary/aromatic N) is 1. The van der Waals surface area contributed by atoms with Crippen molar-refractivity contribution in [2.24, 2.45) is 0 Å². The minimum atomic E-state index is -2.88. The van der Waals surface area contributed by atoms with E-state index in [1.54, 1.807) is 0 Å². The van der Waals surface area contributed by atoms with Gasteiger partial charge in [0.05, 0.1) is 17.0 Å². The van der Waals surface area contributed by atoms with E-state index in [1.165, 1.54) is 5.56 Å². The van der Waals surface area contributed by atoms with Crippen molar-refractivity contribution in [2.45, 2.75) is 32.4 Å². The average molecular weight is 304 g/mol. The van der Waals surface area contributed by atoms with Gasteiger partial charge in [-0.15, -0.1) is 0 Å². The molecule has 2 heterocycles. The van der Waals surface area contributed by atoms with Crippen LogP contribution in [0.15, 0.2) is 30.3 Å². The standard InChI is InChI=1S/C16H20N2O2S/c1-12-9-13(14-5-3-4-6-15(14)18-12)10-17-16(2)7-8-21(19,20)11-16/h3-6,9,17H,7-8,10-11H2,1-2H3. The zero-order valence-corrected chi connectivity index (χ0v) is 13.2. The monoisotopic (exact) mass is 304 g/mol. The Balaban J connectivity index is 1.86. The van der Waals surface area contributed by atoms with Crippen LogP contribution in [0.25, 0.3) is 10.9 Å². The summed E-state index contributed by atoms with van der Waals surface area (Å²) in [6, 6.07) is 10.1. The molecule has 1 aliphatic heterocycles. The lowest BCUT2D eigenvalue weighted by Crippen LogP contribution is -2.42. The predicted molar refractivity (Wildman–Crippen MR) is 85.0 cm³/mol. The maximum Gasteiger partial charge on any atom is 0.152 e. The first-order valence-electron chi connectivity index (χ1n) is 7.18. The Morgan fingerprint density at radius 2 is 2.10 bits per heavy atom. The van der Waals surface area contributed by atoms with E-state index in [0.29, 0.717) is 13.0 Å². The fourth-order valence-corrected chi connectivity index (χ4v) is 5.12.